The van der Waals surface area contributed by atoms with Gasteiger partial charge in [0.15, 0.2) is 0 Å². The molecule has 7 N–H and O–H groups in total. The number of nitrogens with one attached hydrogen (secondary N) is 1. The first-order valence-corrected chi connectivity index (χ1v) is 8.34. The number of hydrogen-bond donors (Lipinski definition) is 5. The van der Waals surface area contributed by atoms with Crippen LogP contribution in [-0.2, 0) is 19.5 Å². The highest BCUT2D eigenvalue weighted by Crippen LogP contribution is 2.30. The molecular formula is C17H19BN4O5. The molecule has 0 saturated carbocycles. The zero-order valence-corrected chi connectivity index (χ0v) is 14.4. The van der Waals surface area contributed by atoms with Crippen LogP contribution in [0.1, 0.15) is 37.7 Å². The van der Waals surface area contributed by atoms with Crippen LogP contribution in [-0.4, -0.2) is 40.1 Å². The van der Waals surface area contributed by atoms with Gasteiger partial charge in [0.1, 0.15) is 11.4 Å². The van der Waals surface area contributed by atoms with Crippen molar-refractivity contribution < 1.29 is 24.4 Å². The van der Waals surface area contributed by atoms with Gasteiger partial charge in [-0.05, 0) is 29.7 Å². The molecule has 1 amide bonds. The first-order chi connectivity index (χ1) is 12.9. The lowest BCUT2D eigenvalue weighted by Crippen LogP contribution is -2.53. The van der Waals surface area contributed by atoms with E-state index in [1.54, 1.807) is 18.2 Å². The smallest absolute Gasteiger partial charge is 0.534 e. The average molecular weight is 370 g/mol. The molecule has 140 valence electrons. The average Bonchev–Trinajstić information content (AvgIpc) is 2.67. The van der Waals surface area contributed by atoms with Gasteiger partial charge in [-0.15, -0.1) is 0 Å². The largest absolute Gasteiger partial charge is 0.547 e. The predicted octanol–water partition coefficient (Wildman–Crippen LogP) is -0.550. The molecule has 0 saturated heterocycles. The number of nitrogens with zero attached hydrogens (tertiary/aromatic N) is 1. The second-order valence-corrected chi connectivity index (χ2v) is 6.10. The van der Waals surface area contributed by atoms with Gasteiger partial charge in [-0.25, -0.2) is 9.78 Å². The minimum Gasteiger partial charge on any atom is -0.534 e. The summed E-state index contributed by atoms with van der Waals surface area (Å²) in [6.45, 7) is 0.410. The molecule has 0 radical (unpaired) electrons. The number of para-hydroxylation sites is 1. The van der Waals surface area contributed by atoms with Crippen LogP contribution in [0.25, 0.3) is 0 Å². The van der Waals surface area contributed by atoms with Crippen LogP contribution in [0.15, 0.2) is 30.3 Å². The summed E-state index contributed by atoms with van der Waals surface area (Å²) in [6, 6.07) is 7.89. The highest BCUT2D eigenvalue weighted by molar-refractivity contribution is 6.47. The van der Waals surface area contributed by atoms with Crippen molar-refractivity contribution in [3.63, 3.8) is 0 Å². The second kappa shape index (κ2) is 7.74. The lowest BCUT2D eigenvalue weighted by atomic mass is 9.72. The fourth-order valence-electron chi connectivity index (χ4n) is 2.98. The zero-order valence-electron chi connectivity index (χ0n) is 14.4. The minimum absolute atomic E-state index is 0.0389. The van der Waals surface area contributed by atoms with E-state index in [0.29, 0.717) is 11.3 Å². The third-order valence-electron chi connectivity index (χ3n) is 4.38. The number of aromatic carboxylic acids is 1. The molecule has 2 aromatic rings. The maximum Gasteiger partial charge on any atom is 0.547 e. The van der Waals surface area contributed by atoms with Crippen LogP contribution >= 0.6 is 0 Å². The summed E-state index contributed by atoms with van der Waals surface area (Å²) in [5, 5.41) is 22.1. The third kappa shape index (κ3) is 3.77. The number of fused-ring (bicyclic) bond motifs is 1. The number of pyridine rings is 1. The monoisotopic (exact) mass is 370 g/mol. The zero-order chi connectivity index (χ0) is 19.6. The second-order valence-electron chi connectivity index (χ2n) is 6.10. The Balaban J connectivity index is 1.79. The van der Waals surface area contributed by atoms with Gasteiger partial charge in [-0.1, -0.05) is 18.2 Å². The molecule has 1 aromatic carbocycles. The Morgan fingerprint density at radius 3 is 2.70 bits per heavy atom. The van der Waals surface area contributed by atoms with Crippen molar-refractivity contribution in [3.05, 3.63) is 58.4 Å². The molecule has 1 aliphatic rings. The molecule has 0 bridgehead atoms. The van der Waals surface area contributed by atoms with Crippen molar-refractivity contribution in [1.82, 2.24) is 10.3 Å². The van der Waals surface area contributed by atoms with Crippen molar-refractivity contribution >= 4 is 19.0 Å². The van der Waals surface area contributed by atoms with Crippen molar-refractivity contribution in [1.29, 1.82) is 0 Å². The van der Waals surface area contributed by atoms with Gasteiger partial charge < -0.3 is 31.6 Å². The first kappa shape index (κ1) is 18.8. The van der Waals surface area contributed by atoms with E-state index in [1.807, 2.05) is 0 Å². The summed E-state index contributed by atoms with van der Waals surface area (Å²) in [5.74, 6) is -2.30. The highest BCUT2D eigenvalue weighted by Gasteiger charge is 2.38. The van der Waals surface area contributed by atoms with Gasteiger partial charge in [-0.2, -0.15) is 0 Å². The van der Waals surface area contributed by atoms with E-state index in [9.17, 15) is 19.7 Å². The Labute approximate surface area is 155 Å². The number of carbonyl (C=O) groups is 2. The third-order valence-corrected chi connectivity index (χ3v) is 4.38. The molecule has 1 aromatic heterocycles. The van der Waals surface area contributed by atoms with E-state index in [-0.39, 0.29) is 36.5 Å². The standard InChI is InChI=1S/C17H19BN4O5/c19-7-10-4-5-12(21-13(10)8-20)16(23)22-14-6-9-2-1-3-11(17(24)25)15(9)27-18(14)26/h1-5,14,26H,6-8,19-20H2,(H,22,23)(H,24,25). The van der Waals surface area contributed by atoms with Crippen molar-refractivity contribution in [2.75, 3.05) is 0 Å². The number of carboxylic acid groups (broad SMARTS) is 1. The normalized spacial score (nSPS) is 15.7. The molecule has 9 nitrogen and oxygen atoms in total. The maximum atomic E-state index is 12.5. The fraction of sp³-hybridized carbons (Fsp3) is 0.235. The molecule has 3 rings (SSSR count). The molecule has 1 aliphatic heterocycles. The SMILES string of the molecule is NCc1ccc(C(=O)NC2Cc3cccc(C(=O)O)c3OB2O)nc1CN. The van der Waals surface area contributed by atoms with Crippen molar-refractivity contribution in [2.45, 2.75) is 25.5 Å². The van der Waals surface area contributed by atoms with Crippen LogP contribution in [0.2, 0.25) is 0 Å². The van der Waals surface area contributed by atoms with Crippen molar-refractivity contribution in [3.8, 4) is 5.75 Å². The minimum atomic E-state index is -1.39. The number of hydrogen-bond acceptors (Lipinski definition) is 7. The highest BCUT2D eigenvalue weighted by atomic mass is 16.5. The summed E-state index contributed by atoms with van der Waals surface area (Å²) in [4.78, 5) is 28.0. The Morgan fingerprint density at radius 1 is 1.26 bits per heavy atom. The maximum absolute atomic E-state index is 12.5. The molecule has 2 heterocycles. The lowest BCUT2D eigenvalue weighted by molar-refractivity contribution is 0.0693. The number of carboxylic acids is 1. The van der Waals surface area contributed by atoms with E-state index in [0.717, 1.165) is 5.56 Å². The van der Waals surface area contributed by atoms with Crippen LogP contribution in [0.5, 0.6) is 5.75 Å². The Bertz CT molecular complexity index is 892. The fourth-order valence-corrected chi connectivity index (χ4v) is 2.98. The predicted molar refractivity (Wildman–Crippen MR) is 97.0 cm³/mol. The topological polar surface area (TPSA) is 161 Å². The summed E-state index contributed by atoms with van der Waals surface area (Å²) in [5.41, 5.74) is 13.2. The molecule has 10 heteroatoms. The van der Waals surface area contributed by atoms with Gasteiger partial charge in [0.05, 0.1) is 17.2 Å². The van der Waals surface area contributed by atoms with Gasteiger partial charge in [0.25, 0.3) is 5.91 Å². The van der Waals surface area contributed by atoms with Gasteiger partial charge >= 0.3 is 13.1 Å². The Morgan fingerprint density at radius 2 is 2.04 bits per heavy atom. The van der Waals surface area contributed by atoms with E-state index in [2.05, 4.69) is 10.3 Å². The molecule has 1 unspecified atom stereocenters. The van der Waals surface area contributed by atoms with Crippen LogP contribution in [0, 0.1) is 0 Å². The number of carbonyl (C=O) groups excluding carboxylic acids is 1. The molecule has 0 aliphatic carbocycles. The van der Waals surface area contributed by atoms with Crippen molar-refractivity contribution in [2.24, 2.45) is 11.5 Å². The molecule has 27 heavy (non-hydrogen) atoms. The first-order valence-electron chi connectivity index (χ1n) is 8.34. The molecular weight excluding hydrogens is 351 g/mol. The molecule has 0 fully saturated rings. The Hall–Kier alpha value is -2.95. The molecule has 0 spiro atoms. The van der Waals surface area contributed by atoms with E-state index in [1.165, 1.54) is 12.1 Å². The number of aromatic nitrogens is 1. The lowest BCUT2D eigenvalue weighted by Gasteiger charge is -2.28. The van der Waals surface area contributed by atoms with Gasteiger partial charge in [-0.3, -0.25) is 4.79 Å². The summed E-state index contributed by atoms with van der Waals surface area (Å²) < 4.78 is 5.36. The van der Waals surface area contributed by atoms with E-state index in [4.69, 9.17) is 16.1 Å². The Kier molecular flexibility index (Phi) is 5.40. The van der Waals surface area contributed by atoms with Crippen LogP contribution in [0.4, 0.5) is 0 Å². The quantitative estimate of drug-likeness (QED) is 0.438. The summed E-state index contributed by atoms with van der Waals surface area (Å²) in [7, 11) is -1.39. The van der Waals surface area contributed by atoms with Crippen LogP contribution in [0.3, 0.4) is 0 Å². The van der Waals surface area contributed by atoms with Gasteiger partial charge in [0, 0.05) is 13.1 Å². The number of nitrogens with two attached hydrogens (primary N) is 2. The molecule has 1 atom stereocenters. The summed E-state index contributed by atoms with van der Waals surface area (Å²) in [6.07, 6.45) is 0.216. The number of rotatable bonds is 5. The number of amides is 1. The number of benzene rings is 1. The van der Waals surface area contributed by atoms with Gasteiger partial charge in [0.2, 0.25) is 0 Å². The van der Waals surface area contributed by atoms with Crippen LogP contribution < -0.4 is 21.4 Å². The summed E-state index contributed by atoms with van der Waals surface area (Å²) >= 11 is 0. The van der Waals surface area contributed by atoms with E-state index >= 15 is 0 Å². The van der Waals surface area contributed by atoms with E-state index < -0.39 is 24.9 Å².